The van der Waals surface area contributed by atoms with E-state index in [4.69, 9.17) is 9.47 Å². The smallest absolute Gasteiger partial charge is 0.313 e. The zero-order valence-corrected chi connectivity index (χ0v) is 15.5. The maximum atomic E-state index is 13.5. The molecule has 10 heteroatoms. The molecule has 0 fully saturated rings. The Hall–Kier alpha value is -3.56. The van der Waals surface area contributed by atoms with Crippen LogP contribution in [0.25, 0.3) is 0 Å². The molecule has 1 atom stereocenters. The van der Waals surface area contributed by atoms with E-state index in [2.05, 4.69) is 5.32 Å². The zero-order chi connectivity index (χ0) is 21.7. The molecule has 2 N–H and O–H groups in total. The van der Waals surface area contributed by atoms with Gasteiger partial charge < -0.3 is 20.1 Å². The summed E-state index contributed by atoms with van der Waals surface area (Å²) >= 11 is 0. The highest BCUT2D eigenvalue weighted by Gasteiger charge is 2.27. The standard InChI is InChI=1S/C20H17F3N2O5/c21-13-5-6-14(19(23)18(13)22)25-16(26)8-24-17(27)10-30-20(28)12-7-11-3-1-2-4-15(11)29-9-12/h1-6,12H,7-10H2,(H,24,27)(H,25,26). The van der Waals surface area contributed by atoms with Gasteiger partial charge in [0.05, 0.1) is 18.2 Å². The van der Waals surface area contributed by atoms with E-state index in [0.29, 0.717) is 18.2 Å². The summed E-state index contributed by atoms with van der Waals surface area (Å²) < 4.78 is 50.0. The van der Waals surface area contributed by atoms with Gasteiger partial charge in [-0.05, 0) is 30.2 Å². The molecule has 158 valence electrons. The molecule has 1 aliphatic rings. The summed E-state index contributed by atoms with van der Waals surface area (Å²) in [6.07, 6.45) is 0.416. The number of amides is 2. The van der Waals surface area contributed by atoms with Crippen LogP contribution in [0.1, 0.15) is 5.56 Å². The van der Waals surface area contributed by atoms with Crippen molar-refractivity contribution < 1.29 is 37.0 Å². The number of nitrogens with one attached hydrogen (secondary N) is 2. The molecule has 0 aliphatic carbocycles. The monoisotopic (exact) mass is 422 g/mol. The van der Waals surface area contributed by atoms with Crippen molar-refractivity contribution in [1.29, 1.82) is 0 Å². The number of fused-ring (bicyclic) bond motifs is 1. The number of rotatable bonds is 6. The topological polar surface area (TPSA) is 93.7 Å². The Morgan fingerprint density at radius 1 is 1.03 bits per heavy atom. The van der Waals surface area contributed by atoms with E-state index in [1.54, 1.807) is 6.07 Å². The molecule has 0 bridgehead atoms. The van der Waals surface area contributed by atoms with Crippen LogP contribution in [0.4, 0.5) is 18.9 Å². The number of carbonyl (C=O) groups excluding carboxylic acids is 3. The van der Waals surface area contributed by atoms with Gasteiger partial charge in [-0.1, -0.05) is 18.2 Å². The molecule has 0 saturated heterocycles. The summed E-state index contributed by atoms with van der Waals surface area (Å²) in [5, 5.41) is 4.17. The quantitative estimate of drug-likeness (QED) is 0.548. The van der Waals surface area contributed by atoms with Gasteiger partial charge in [-0.2, -0.15) is 0 Å². The third-order valence-electron chi connectivity index (χ3n) is 4.31. The Bertz CT molecular complexity index is 983. The van der Waals surface area contributed by atoms with E-state index in [1.165, 1.54) is 0 Å². The van der Waals surface area contributed by atoms with E-state index >= 15 is 0 Å². The molecule has 2 aromatic rings. The Balaban J connectivity index is 1.41. The summed E-state index contributed by atoms with van der Waals surface area (Å²) in [6.45, 7) is -1.09. The van der Waals surface area contributed by atoms with Crippen LogP contribution in [0.3, 0.4) is 0 Å². The molecule has 0 aromatic heterocycles. The number of carbonyl (C=O) groups is 3. The first-order valence-corrected chi connectivity index (χ1v) is 8.92. The van der Waals surface area contributed by atoms with Gasteiger partial charge in [0.25, 0.3) is 5.91 Å². The van der Waals surface area contributed by atoms with Crippen molar-refractivity contribution in [3.8, 4) is 5.75 Å². The number of esters is 1. The van der Waals surface area contributed by atoms with E-state index in [9.17, 15) is 27.6 Å². The number of hydrogen-bond donors (Lipinski definition) is 2. The zero-order valence-electron chi connectivity index (χ0n) is 15.5. The lowest BCUT2D eigenvalue weighted by atomic mass is 9.97. The van der Waals surface area contributed by atoms with Crippen LogP contribution in [-0.4, -0.2) is 37.5 Å². The molecule has 3 rings (SSSR count). The van der Waals surface area contributed by atoms with Crippen LogP contribution in [0.2, 0.25) is 0 Å². The fraction of sp³-hybridized carbons (Fsp3) is 0.250. The Morgan fingerprint density at radius 2 is 1.80 bits per heavy atom. The van der Waals surface area contributed by atoms with E-state index < -0.39 is 60.0 Å². The van der Waals surface area contributed by atoms with Crippen LogP contribution in [0.5, 0.6) is 5.75 Å². The second kappa shape index (κ2) is 9.29. The summed E-state index contributed by atoms with van der Waals surface area (Å²) in [4.78, 5) is 35.6. The fourth-order valence-corrected chi connectivity index (χ4v) is 2.78. The van der Waals surface area contributed by atoms with Crippen LogP contribution >= 0.6 is 0 Å². The molecule has 2 amide bonds. The average Bonchev–Trinajstić information content (AvgIpc) is 2.76. The van der Waals surface area contributed by atoms with Crippen molar-refractivity contribution in [2.24, 2.45) is 5.92 Å². The average molecular weight is 422 g/mol. The number of hydrogen-bond acceptors (Lipinski definition) is 5. The minimum atomic E-state index is -1.72. The highest BCUT2D eigenvalue weighted by Crippen LogP contribution is 2.27. The molecule has 7 nitrogen and oxygen atoms in total. The molecule has 0 radical (unpaired) electrons. The van der Waals surface area contributed by atoms with Gasteiger partial charge in [-0.3, -0.25) is 14.4 Å². The molecule has 2 aromatic carbocycles. The number of para-hydroxylation sites is 1. The van der Waals surface area contributed by atoms with Gasteiger partial charge in [0.15, 0.2) is 24.1 Å². The fourth-order valence-electron chi connectivity index (χ4n) is 2.78. The number of halogens is 3. The SMILES string of the molecule is O=C(COC(=O)C1COc2ccccc2C1)NCC(=O)Nc1ccc(F)c(F)c1F. The molecule has 30 heavy (non-hydrogen) atoms. The van der Waals surface area contributed by atoms with Crippen molar-refractivity contribution >= 4 is 23.5 Å². The highest BCUT2D eigenvalue weighted by molar-refractivity contribution is 5.95. The molecule has 0 saturated carbocycles. The maximum absolute atomic E-state index is 13.5. The molecule has 1 aliphatic heterocycles. The van der Waals surface area contributed by atoms with Crippen molar-refractivity contribution in [1.82, 2.24) is 5.32 Å². The molecular formula is C20H17F3N2O5. The van der Waals surface area contributed by atoms with Gasteiger partial charge in [0, 0.05) is 0 Å². The second-order valence-corrected chi connectivity index (χ2v) is 6.48. The maximum Gasteiger partial charge on any atom is 0.313 e. The first-order chi connectivity index (χ1) is 14.3. The Labute approximate surface area is 169 Å². The summed E-state index contributed by atoms with van der Waals surface area (Å²) in [7, 11) is 0. The van der Waals surface area contributed by atoms with Crippen molar-refractivity contribution in [3.05, 3.63) is 59.4 Å². The van der Waals surface area contributed by atoms with Crippen LogP contribution in [0, 0.1) is 23.4 Å². The first-order valence-electron chi connectivity index (χ1n) is 8.92. The third kappa shape index (κ3) is 5.07. The third-order valence-corrected chi connectivity index (χ3v) is 4.31. The van der Waals surface area contributed by atoms with Crippen LogP contribution in [0.15, 0.2) is 36.4 Å². The summed E-state index contributed by atoms with van der Waals surface area (Å²) in [6, 6.07) is 8.76. The lowest BCUT2D eigenvalue weighted by molar-refractivity contribution is -0.153. The van der Waals surface area contributed by atoms with Gasteiger partial charge in [-0.25, -0.2) is 13.2 Å². The predicted molar refractivity (Wildman–Crippen MR) is 98.0 cm³/mol. The highest BCUT2D eigenvalue weighted by atomic mass is 19.2. The van der Waals surface area contributed by atoms with Crippen LogP contribution < -0.4 is 15.4 Å². The lowest BCUT2D eigenvalue weighted by Gasteiger charge is -2.23. The normalized spacial score (nSPS) is 14.8. The van der Waals surface area contributed by atoms with Crippen LogP contribution in [-0.2, 0) is 25.5 Å². The summed E-state index contributed by atoms with van der Waals surface area (Å²) in [5.74, 6) is -6.80. The van der Waals surface area contributed by atoms with Crippen molar-refractivity contribution in [2.45, 2.75) is 6.42 Å². The molecule has 1 unspecified atom stereocenters. The van der Waals surface area contributed by atoms with E-state index in [1.807, 2.05) is 23.5 Å². The van der Waals surface area contributed by atoms with Crippen molar-refractivity contribution in [3.63, 3.8) is 0 Å². The summed E-state index contributed by atoms with van der Waals surface area (Å²) in [5.41, 5.74) is 0.286. The van der Waals surface area contributed by atoms with Gasteiger partial charge in [0.2, 0.25) is 5.91 Å². The first kappa shape index (κ1) is 21.2. The number of ether oxygens (including phenoxy) is 2. The number of anilines is 1. The number of benzene rings is 2. The minimum Gasteiger partial charge on any atom is -0.492 e. The van der Waals surface area contributed by atoms with Crippen molar-refractivity contribution in [2.75, 3.05) is 25.1 Å². The van der Waals surface area contributed by atoms with Gasteiger partial charge >= 0.3 is 5.97 Å². The lowest BCUT2D eigenvalue weighted by Crippen LogP contribution is -2.37. The predicted octanol–water partition coefficient (Wildman–Crippen LogP) is 1.95. The molecule has 1 heterocycles. The van der Waals surface area contributed by atoms with Gasteiger partial charge in [-0.15, -0.1) is 0 Å². The minimum absolute atomic E-state index is 0.125. The second-order valence-electron chi connectivity index (χ2n) is 6.48. The Kier molecular flexibility index (Phi) is 6.55. The molecular weight excluding hydrogens is 405 g/mol. The van der Waals surface area contributed by atoms with E-state index in [-0.39, 0.29) is 6.61 Å². The largest absolute Gasteiger partial charge is 0.492 e. The Morgan fingerprint density at radius 3 is 2.60 bits per heavy atom. The van der Waals surface area contributed by atoms with Gasteiger partial charge in [0.1, 0.15) is 12.4 Å². The molecule has 0 spiro atoms. The van der Waals surface area contributed by atoms with E-state index in [0.717, 1.165) is 11.6 Å².